The number of aromatic nitrogens is 4. The number of aryl methyl sites for hydroxylation is 3. The zero-order valence-electron chi connectivity index (χ0n) is 17.0. The Labute approximate surface area is 169 Å². The second-order valence-electron chi connectivity index (χ2n) is 7.88. The number of carbonyl (C=O) groups is 1. The van der Waals surface area contributed by atoms with Crippen LogP contribution in [0.2, 0.25) is 0 Å². The Kier molecular flexibility index (Phi) is 5.05. The highest BCUT2D eigenvalue weighted by Crippen LogP contribution is 2.19. The molecule has 1 aromatic carbocycles. The fourth-order valence-electron chi connectivity index (χ4n) is 3.67. The minimum Gasteiger partial charge on any atom is -0.342 e. The first-order chi connectivity index (χ1) is 13.9. The zero-order valence-corrected chi connectivity index (χ0v) is 17.0. The first-order valence-corrected chi connectivity index (χ1v) is 9.84. The van der Waals surface area contributed by atoms with Crippen LogP contribution in [0.3, 0.4) is 0 Å². The van der Waals surface area contributed by atoms with Crippen molar-refractivity contribution in [1.82, 2.24) is 24.5 Å². The summed E-state index contributed by atoms with van der Waals surface area (Å²) in [6, 6.07) is 13.2. The van der Waals surface area contributed by atoms with E-state index in [9.17, 15) is 9.59 Å². The lowest BCUT2D eigenvalue weighted by Crippen LogP contribution is -2.52. The quantitative estimate of drug-likeness (QED) is 0.667. The molecule has 1 aliphatic rings. The molecule has 3 aromatic rings. The van der Waals surface area contributed by atoms with Crippen LogP contribution in [0.1, 0.15) is 22.5 Å². The highest BCUT2D eigenvalue weighted by atomic mass is 16.2. The van der Waals surface area contributed by atoms with E-state index >= 15 is 0 Å². The Balaban J connectivity index is 1.38. The van der Waals surface area contributed by atoms with Gasteiger partial charge in [-0.25, -0.2) is 9.36 Å². The third-order valence-electron chi connectivity index (χ3n) is 5.30. The number of likely N-dealkylation sites (tertiary alicyclic amines) is 1. The van der Waals surface area contributed by atoms with E-state index in [4.69, 9.17) is 0 Å². The van der Waals surface area contributed by atoms with Gasteiger partial charge in [0.05, 0.1) is 18.7 Å². The third-order valence-corrected chi connectivity index (χ3v) is 5.30. The smallest absolute Gasteiger partial charge is 0.266 e. The Hall–Kier alpha value is -3.22. The van der Waals surface area contributed by atoms with Crippen molar-refractivity contribution in [2.24, 2.45) is 5.92 Å². The van der Waals surface area contributed by atoms with Gasteiger partial charge in [0.15, 0.2) is 5.82 Å². The molecule has 0 aliphatic carbocycles. The summed E-state index contributed by atoms with van der Waals surface area (Å²) in [5, 5.41) is 8.92. The summed E-state index contributed by atoms with van der Waals surface area (Å²) in [4.78, 5) is 26.5. The molecule has 1 aliphatic heterocycles. The predicted octanol–water partition coefficient (Wildman–Crippen LogP) is 2.06. The van der Waals surface area contributed by atoms with E-state index in [1.807, 2.05) is 56.0 Å². The van der Waals surface area contributed by atoms with Gasteiger partial charge in [-0.15, -0.1) is 5.10 Å². The minimum absolute atomic E-state index is 0.127. The van der Waals surface area contributed by atoms with E-state index in [0.29, 0.717) is 31.9 Å². The maximum absolute atomic E-state index is 12.5. The standard InChI is InChI=1S/C22H25N5O2/c1-15-4-6-18(7-5-15)11-22(29)25-12-19(13-25)14-26-21(28)9-8-20(24-26)27-17(3)10-16(2)23-27/h4-10,19H,11-14H2,1-3H3. The van der Waals surface area contributed by atoms with Gasteiger partial charge >= 0.3 is 0 Å². The molecule has 0 atom stereocenters. The lowest BCUT2D eigenvalue weighted by atomic mass is 9.98. The van der Waals surface area contributed by atoms with Gasteiger partial charge in [-0.05, 0) is 38.5 Å². The van der Waals surface area contributed by atoms with Crippen molar-refractivity contribution < 1.29 is 4.79 Å². The first-order valence-electron chi connectivity index (χ1n) is 9.84. The van der Waals surface area contributed by atoms with Crippen molar-refractivity contribution in [3.8, 4) is 5.82 Å². The van der Waals surface area contributed by atoms with Crippen molar-refractivity contribution in [1.29, 1.82) is 0 Å². The van der Waals surface area contributed by atoms with Crippen molar-refractivity contribution >= 4 is 5.91 Å². The molecule has 1 fully saturated rings. The molecule has 0 saturated carbocycles. The number of carbonyl (C=O) groups excluding carboxylic acids is 1. The van der Waals surface area contributed by atoms with Crippen molar-refractivity contribution in [2.45, 2.75) is 33.7 Å². The molecular formula is C22H25N5O2. The van der Waals surface area contributed by atoms with Gasteiger partial charge in [-0.1, -0.05) is 29.8 Å². The Bertz CT molecular complexity index is 1090. The monoisotopic (exact) mass is 391 g/mol. The average Bonchev–Trinajstić information content (AvgIpc) is 2.99. The summed E-state index contributed by atoms with van der Waals surface area (Å²) in [6.07, 6.45) is 0.415. The minimum atomic E-state index is -0.139. The highest BCUT2D eigenvalue weighted by molar-refractivity contribution is 5.79. The number of amides is 1. The SMILES string of the molecule is Cc1ccc(CC(=O)N2CC(Cn3nc(-n4nc(C)cc4C)ccc3=O)C2)cc1. The van der Waals surface area contributed by atoms with E-state index in [1.165, 1.54) is 16.3 Å². The molecule has 0 bridgehead atoms. The molecule has 2 aromatic heterocycles. The van der Waals surface area contributed by atoms with Gasteiger partial charge in [0.2, 0.25) is 5.91 Å². The molecule has 0 spiro atoms. The molecule has 3 heterocycles. The number of rotatable bonds is 5. The zero-order chi connectivity index (χ0) is 20.5. The van der Waals surface area contributed by atoms with Crippen LogP contribution in [0.15, 0.2) is 47.3 Å². The molecule has 29 heavy (non-hydrogen) atoms. The number of nitrogens with zero attached hydrogens (tertiary/aromatic N) is 5. The Morgan fingerprint density at radius 1 is 1.03 bits per heavy atom. The summed E-state index contributed by atoms with van der Waals surface area (Å²) >= 11 is 0. The van der Waals surface area contributed by atoms with E-state index in [2.05, 4.69) is 10.2 Å². The summed E-state index contributed by atoms with van der Waals surface area (Å²) in [6.45, 7) is 7.73. The van der Waals surface area contributed by atoms with Gasteiger partial charge < -0.3 is 4.90 Å². The molecule has 1 amide bonds. The molecule has 1 saturated heterocycles. The normalized spacial score (nSPS) is 14.1. The van der Waals surface area contributed by atoms with Crippen LogP contribution < -0.4 is 5.56 Å². The van der Waals surface area contributed by atoms with Gasteiger partial charge in [-0.2, -0.15) is 5.10 Å². The summed E-state index contributed by atoms with van der Waals surface area (Å²) in [7, 11) is 0. The van der Waals surface area contributed by atoms with Crippen LogP contribution >= 0.6 is 0 Å². The molecule has 0 N–H and O–H groups in total. The Morgan fingerprint density at radius 3 is 2.41 bits per heavy atom. The summed E-state index contributed by atoms with van der Waals surface area (Å²) in [5.41, 5.74) is 3.95. The molecule has 150 valence electrons. The lowest BCUT2D eigenvalue weighted by molar-refractivity contribution is -0.137. The van der Waals surface area contributed by atoms with Gasteiger partial charge in [0.1, 0.15) is 0 Å². The van der Waals surface area contributed by atoms with Gasteiger partial charge in [0, 0.05) is 30.8 Å². The number of benzene rings is 1. The first kappa shape index (κ1) is 19.1. The second kappa shape index (κ2) is 7.66. The van der Waals surface area contributed by atoms with Gasteiger partial charge in [-0.3, -0.25) is 9.59 Å². The van der Waals surface area contributed by atoms with Crippen molar-refractivity contribution in [3.05, 3.63) is 75.3 Å². The van der Waals surface area contributed by atoms with Crippen LogP contribution in [-0.2, 0) is 17.8 Å². The van der Waals surface area contributed by atoms with Crippen molar-refractivity contribution in [2.75, 3.05) is 13.1 Å². The fraction of sp³-hybridized carbons (Fsp3) is 0.364. The van der Waals surface area contributed by atoms with Crippen molar-refractivity contribution in [3.63, 3.8) is 0 Å². The van der Waals surface area contributed by atoms with Crippen LogP contribution in [0.4, 0.5) is 0 Å². The lowest BCUT2D eigenvalue weighted by Gasteiger charge is -2.39. The largest absolute Gasteiger partial charge is 0.342 e. The number of hydrogen-bond acceptors (Lipinski definition) is 4. The average molecular weight is 391 g/mol. The molecule has 0 unspecified atom stereocenters. The van der Waals surface area contributed by atoms with Gasteiger partial charge in [0.25, 0.3) is 5.56 Å². The summed E-state index contributed by atoms with van der Waals surface area (Å²) < 4.78 is 3.22. The van der Waals surface area contributed by atoms with Crippen LogP contribution in [0, 0.1) is 26.7 Å². The molecule has 7 heteroatoms. The van der Waals surface area contributed by atoms with E-state index < -0.39 is 0 Å². The molecular weight excluding hydrogens is 366 g/mol. The van der Waals surface area contributed by atoms with E-state index in [1.54, 1.807) is 10.7 Å². The maximum atomic E-state index is 12.5. The van der Waals surface area contributed by atoms with Crippen LogP contribution in [0.25, 0.3) is 5.82 Å². The predicted molar refractivity (Wildman–Crippen MR) is 110 cm³/mol. The van der Waals surface area contributed by atoms with Crippen LogP contribution in [-0.4, -0.2) is 43.5 Å². The fourth-order valence-corrected chi connectivity index (χ4v) is 3.67. The highest BCUT2D eigenvalue weighted by Gasteiger charge is 2.31. The van der Waals surface area contributed by atoms with E-state index in [-0.39, 0.29) is 17.4 Å². The third kappa shape index (κ3) is 4.13. The molecule has 0 radical (unpaired) electrons. The molecule has 4 rings (SSSR count). The molecule has 7 nitrogen and oxygen atoms in total. The second-order valence-corrected chi connectivity index (χ2v) is 7.88. The van der Waals surface area contributed by atoms with Crippen LogP contribution in [0.5, 0.6) is 0 Å². The maximum Gasteiger partial charge on any atom is 0.266 e. The Morgan fingerprint density at radius 2 is 1.76 bits per heavy atom. The van der Waals surface area contributed by atoms with E-state index in [0.717, 1.165) is 17.0 Å². The summed E-state index contributed by atoms with van der Waals surface area (Å²) in [5.74, 6) is 0.988. The number of hydrogen-bond donors (Lipinski definition) is 0. The topological polar surface area (TPSA) is 73.0 Å².